The van der Waals surface area contributed by atoms with E-state index in [0.717, 1.165) is 12.0 Å². The van der Waals surface area contributed by atoms with Crippen molar-refractivity contribution in [2.75, 3.05) is 0 Å². The van der Waals surface area contributed by atoms with Gasteiger partial charge in [0.2, 0.25) is 0 Å². The van der Waals surface area contributed by atoms with Gasteiger partial charge in [-0.3, -0.25) is 0 Å². The molecule has 2 aromatic rings. The number of benzene rings is 2. The summed E-state index contributed by atoms with van der Waals surface area (Å²) >= 11 is 0. The van der Waals surface area contributed by atoms with E-state index in [1.54, 1.807) is 0 Å². The van der Waals surface area contributed by atoms with E-state index in [2.05, 4.69) is 36.9 Å². The number of nitrogens with zero attached hydrogens (tertiary/aromatic N) is 1. The smallest absolute Gasteiger partial charge is 0.0701 e. The maximum absolute atomic E-state index is 9.05. The predicted molar refractivity (Wildman–Crippen MR) is 71.9 cm³/mol. The molecule has 0 heterocycles. The van der Waals surface area contributed by atoms with Gasteiger partial charge in [0.25, 0.3) is 0 Å². The van der Waals surface area contributed by atoms with E-state index in [0.29, 0.717) is 0 Å². The highest BCUT2D eigenvalue weighted by molar-refractivity contribution is 5.89. The van der Waals surface area contributed by atoms with E-state index >= 15 is 0 Å². The van der Waals surface area contributed by atoms with Gasteiger partial charge in [-0.25, -0.2) is 0 Å². The molecule has 0 aliphatic carbocycles. The van der Waals surface area contributed by atoms with Gasteiger partial charge in [-0.15, -0.1) is 6.58 Å². The third-order valence-electron chi connectivity index (χ3n) is 3.07. The molecule has 1 atom stereocenters. The summed E-state index contributed by atoms with van der Waals surface area (Å²) in [6.45, 7) is 5.72. The second kappa shape index (κ2) is 4.84. The Bertz CT molecular complexity index is 590. The minimum atomic E-state index is -0.0716. The summed E-state index contributed by atoms with van der Waals surface area (Å²) in [4.78, 5) is 0. The van der Waals surface area contributed by atoms with Gasteiger partial charge in [0.15, 0.2) is 0 Å². The molecule has 0 radical (unpaired) electrons. The Morgan fingerprint density at radius 2 is 1.94 bits per heavy atom. The zero-order valence-electron chi connectivity index (χ0n) is 9.98. The van der Waals surface area contributed by atoms with Crippen LogP contribution in [0.2, 0.25) is 0 Å². The Labute approximate surface area is 102 Å². The van der Waals surface area contributed by atoms with Crippen molar-refractivity contribution in [1.82, 2.24) is 0 Å². The molecule has 0 fully saturated rings. The maximum atomic E-state index is 9.05. The predicted octanol–water partition coefficient (Wildman–Crippen LogP) is 4.20. The molecule has 17 heavy (non-hydrogen) atoms. The summed E-state index contributed by atoms with van der Waals surface area (Å²) in [6, 6.07) is 14.7. The number of hydrogen-bond donors (Lipinski definition) is 0. The Morgan fingerprint density at radius 3 is 2.59 bits per heavy atom. The van der Waals surface area contributed by atoms with Crippen molar-refractivity contribution in [3.05, 3.63) is 60.2 Å². The first-order chi connectivity index (χ1) is 8.27. The van der Waals surface area contributed by atoms with E-state index in [-0.39, 0.29) is 5.92 Å². The fraction of sp³-hybridized carbons (Fsp3) is 0.188. The quantitative estimate of drug-likeness (QED) is 0.713. The summed E-state index contributed by atoms with van der Waals surface area (Å²) in [6.07, 6.45) is 2.77. The summed E-state index contributed by atoms with van der Waals surface area (Å²) in [5.74, 6) is -0.0716. The average molecular weight is 221 g/mol. The minimum Gasteiger partial charge on any atom is -0.198 e. The second-order valence-electron chi connectivity index (χ2n) is 4.20. The summed E-state index contributed by atoms with van der Waals surface area (Å²) in [5, 5.41) is 11.5. The molecule has 84 valence electrons. The molecule has 1 unspecified atom stereocenters. The van der Waals surface area contributed by atoms with Crippen LogP contribution in [0.3, 0.4) is 0 Å². The van der Waals surface area contributed by atoms with Crippen molar-refractivity contribution < 1.29 is 0 Å². The first-order valence-electron chi connectivity index (χ1n) is 5.79. The van der Waals surface area contributed by atoms with Crippen LogP contribution in [-0.4, -0.2) is 0 Å². The molecule has 1 nitrogen and oxygen atoms in total. The van der Waals surface area contributed by atoms with Crippen molar-refractivity contribution in [3.8, 4) is 6.07 Å². The molecule has 0 N–H and O–H groups in total. The number of fused-ring (bicyclic) bond motifs is 1. The monoisotopic (exact) mass is 221 g/mol. The van der Waals surface area contributed by atoms with Gasteiger partial charge in [0, 0.05) is 0 Å². The first-order valence-corrected chi connectivity index (χ1v) is 5.79. The molecule has 2 aromatic carbocycles. The second-order valence-corrected chi connectivity index (χ2v) is 4.20. The van der Waals surface area contributed by atoms with Crippen LogP contribution < -0.4 is 0 Å². The lowest BCUT2D eigenvalue weighted by atomic mass is 9.92. The Hall–Kier alpha value is -2.07. The van der Waals surface area contributed by atoms with Crippen LogP contribution in [-0.2, 0) is 6.42 Å². The van der Waals surface area contributed by atoms with Crippen LogP contribution >= 0.6 is 0 Å². The average Bonchev–Trinajstić information content (AvgIpc) is 2.38. The zero-order valence-corrected chi connectivity index (χ0v) is 9.98. The SMILES string of the molecule is C=CCc1ccc(C(C)C#N)c2ccccc12. The fourth-order valence-corrected chi connectivity index (χ4v) is 2.17. The van der Waals surface area contributed by atoms with Crippen LogP contribution in [0.25, 0.3) is 10.8 Å². The molecule has 0 saturated carbocycles. The lowest BCUT2D eigenvalue weighted by Gasteiger charge is -2.11. The molecule has 0 saturated heterocycles. The van der Waals surface area contributed by atoms with Gasteiger partial charge in [-0.1, -0.05) is 42.5 Å². The van der Waals surface area contributed by atoms with Crippen molar-refractivity contribution >= 4 is 10.8 Å². The van der Waals surface area contributed by atoms with Crippen LogP contribution in [0.1, 0.15) is 24.0 Å². The molecule has 0 aliphatic rings. The van der Waals surface area contributed by atoms with Crippen LogP contribution in [0, 0.1) is 11.3 Å². The molecule has 1 heteroatoms. The van der Waals surface area contributed by atoms with Crippen molar-refractivity contribution in [1.29, 1.82) is 5.26 Å². The van der Waals surface area contributed by atoms with E-state index < -0.39 is 0 Å². The van der Waals surface area contributed by atoms with Crippen molar-refractivity contribution in [2.45, 2.75) is 19.3 Å². The van der Waals surface area contributed by atoms with Gasteiger partial charge in [0.1, 0.15) is 0 Å². The molecule has 0 bridgehead atoms. The van der Waals surface area contributed by atoms with E-state index in [4.69, 9.17) is 5.26 Å². The summed E-state index contributed by atoms with van der Waals surface area (Å²) < 4.78 is 0. The summed E-state index contributed by atoms with van der Waals surface area (Å²) in [5.41, 5.74) is 2.38. The molecule has 0 spiro atoms. The number of allylic oxidation sites excluding steroid dienone is 1. The minimum absolute atomic E-state index is 0.0716. The van der Waals surface area contributed by atoms with Crippen LogP contribution in [0.4, 0.5) is 0 Å². The highest BCUT2D eigenvalue weighted by Gasteiger charge is 2.10. The van der Waals surface area contributed by atoms with E-state index in [9.17, 15) is 0 Å². The van der Waals surface area contributed by atoms with Gasteiger partial charge >= 0.3 is 0 Å². The lowest BCUT2D eigenvalue weighted by molar-refractivity contribution is 0.993. The third kappa shape index (κ3) is 2.07. The normalized spacial score (nSPS) is 12.0. The first kappa shape index (κ1) is 11.4. The fourth-order valence-electron chi connectivity index (χ4n) is 2.17. The van der Waals surface area contributed by atoms with Crippen molar-refractivity contribution in [2.24, 2.45) is 0 Å². The van der Waals surface area contributed by atoms with Crippen molar-refractivity contribution in [3.63, 3.8) is 0 Å². The largest absolute Gasteiger partial charge is 0.198 e. The molecule has 0 amide bonds. The third-order valence-corrected chi connectivity index (χ3v) is 3.07. The molecular formula is C16H15N. The van der Waals surface area contributed by atoms with Gasteiger partial charge in [-0.05, 0) is 35.2 Å². The lowest BCUT2D eigenvalue weighted by Crippen LogP contribution is -1.94. The molecule has 2 rings (SSSR count). The Morgan fingerprint density at radius 1 is 1.24 bits per heavy atom. The highest BCUT2D eigenvalue weighted by atomic mass is 14.3. The van der Waals surface area contributed by atoms with Gasteiger partial charge < -0.3 is 0 Å². The van der Waals surface area contributed by atoms with Gasteiger partial charge in [-0.2, -0.15) is 5.26 Å². The molecule has 0 aromatic heterocycles. The number of rotatable bonds is 3. The van der Waals surface area contributed by atoms with Crippen LogP contribution in [0.5, 0.6) is 0 Å². The zero-order chi connectivity index (χ0) is 12.3. The standard InChI is InChI=1S/C16H15N/c1-3-6-13-9-10-14(12(2)11-17)16-8-5-4-7-15(13)16/h3-5,7-10,12H,1,6H2,2H3. The molecule has 0 aliphatic heterocycles. The Balaban J connectivity index is 2.71. The Kier molecular flexibility index (Phi) is 3.25. The highest BCUT2D eigenvalue weighted by Crippen LogP contribution is 2.28. The van der Waals surface area contributed by atoms with E-state index in [1.165, 1.54) is 16.3 Å². The van der Waals surface area contributed by atoms with E-state index in [1.807, 2.05) is 25.1 Å². The van der Waals surface area contributed by atoms with Crippen LogP contribution in [0.15, 0.2) is 49.1 Å². The molecular weight excluding hydrogens is 206 g/mol. The number of nitriles is 1. The van der Waals surface area contributed by atoms with Gasteiger partial charge in [0.05, 0.1) is 12.0 Å². The number of hydrogen-bond acceptors (Lipinski definition) is 1. The topological polar surface area (TPSA) is 23.8 Å². The maximum Gasteiger partial charge on any atom is 0.0701 e. The summed E-state index contributed by atoms with van der Waals surface area (Å²) in [7, 11) is 0.